The highest BCUT2D eigenvalue weighted by molar-refractivity contribution is 8.01. The summed E-state index contributed by atoms with van der Waals surface area (Å²) in [6.07, 6.45) is 0. The van der Waals surface area contributed by atoms with Gasteiger partial charge in [-0.1, -0.05) is 23.1 Å². The van der Waals surface area contributed by atoms with Crippen LogP contribution in [0.3, 0.4) is 0 Å². The van der Waals surface area contributed by atoms with Gasteiger partial charge in [-0.3, -0.25) is 9.59 Å². The van der Waals surface area contributed by atoms with E-state index in [2.05, 4.69) is 15.5 Å². The van der Waals surface area contributed by atoms with Crippen molar-refractivity contribution in [2.45, 2.75) is 4.34 Å². The van der Waals surface area contributed by atoms with Crippen LogP contribution in [0.5, 0.6) is 0 Å². The standard InChI is InChI=1S/C13H14N4O2S2/c1-17(2)12(19)9-3-5-10(6-4-9)15-11(18)7-20-13-16-14-8-21-13/h3-6,8H,7H2,1-2H3,(H,15,18). The summed E-state index contributed by atoms with van der Waals surface area (Å²) >= 11 is 2.74. The number of benzene rings is 1. The molecule has 1 N–H and O–H groups in total. The van der Waals surface area contributed by atoms with E-state index in [-0.39, 0.29) is 17.6 Å². The third kappa shape index (κ3) is 4.54. The van der Waals surface area contributed by atoms with Crippen LogP contribution in [0.25, 0.3) is 0 Å². The molecule has 0 atom stereocenters. The molecule has 21 heavy (non-hydrogen) atoms. The predicted octanol–water partition coefficient (Wildman–Crippen LogP) is 1.97. The van der Waals surface area contributed by atoms with Gasteiger partial charge in [0.2, 0.25) is 5.91 Å². The summed E-state index contributed by atoms with van der Waals surface area (Å²) in [6.45, 7) is 0. The molecule has 6 nitrogen and oxygen atoms in total. The van der Waals surface area contributed by atoms with E-state index in [9.17, 15) is 9.59 Å². The van der Waals surface area contributed by atoms with Gasteiger partial charge in [-0.2, -0.15) is 0 Å². The lowest BCUT2D eigenvalue weighted by atomic mass is 10.2. The maximum Gasteiger partial charge on any atom is 0.253 e. The van der Waals surface area contributed by atoms with Crippen LogP contribution in [0.1, 0.15) is 10.4 Å². The fourth-order valence-corrected chi connectivity index (χ4v) is 2.79. The van der Waals surface area contributed by atoms with Crippen molar-refractivity contribution in [3.8, 4) is 0 Å². The molecule has 0 fully saturated rings. The monoisotopic (exact) mass is 322 g/mol. The molecule has 2 rings (SSSR count). The van der Waals surface area contributed by atoms with Crippen molar-refractivity contribution < 1.29 is 9.59 Å². The minimum absolute atomic E-state index is 0.0697. The number of aromatic nitrogens is 2. The van der Waals surface area contributed by atoms with Crippen LogP contribution >= 0.6 is 23.1 Å². The van der Waals surface area contributed by atoms with Crippen molar-refractivity contribution >= 4 is 40.6 Å². The molecular weight excluding hydrogens is 308 g/mol. The Balaban J connectivity index is 1.88. The number of nitrogens with one attached hydrogen (secondary N) is 1. The fraction of sp³-hybridized carbons (Fsp3) is 0.231. The molecular formula is C13H14N4O2S2. The number of rotatable bonds is 5. The Morgan fingerprint density at radius 2 is 2.00 bits per heavy atom. The molecule has 0 bridgehead atoms. The van der Waals surface area contributed by atoms with Gasteiger partial charge in [-0.05, 0) is 24.3 Å². The maximum atomic E-state index is 11.8. The second-order valence-corrected chi connectivity index (χ2v) is 6.37. The summed E-state index contributed by atoms with van der Waals surface area (Å²) in [7, 11) is 3.39. The number of hydrogen-bond acceptors (Lipinski definition) is 6. The van der Waals surface area contributed by atoms with E-state index in [0.717, 1.165) is 4.34 Å². The topological polar surface area (TPSA) is 75.2 Å². The Morgan fingerprint density at radius 3 is 2.57 bits per heavy atom. The second-order valence-electron chi connectivity index (χ2n) is 4.32. The zero-order chi connectivity index (χ0) is 15.2. The number of carbonyl (C=O) groups is 2. The molecule has 110 valence electrons. The summed E-state index contributed by atoms with van der Waals surface area (Å²) in [6, 6.07) is 6.81. The van der Waals surface area contributed by atoms with Gasteiger partial charge in [0.05, 0.1) is 5.75 Å². The Bertz CT molecular complexity index is 612. The highest BCUT2D eigenvalue weighted by Gasteiger charge is 2.09. The predicted molar refractivity (Wildman–Crippen MR) is 83.7 cm³/mol. The highest BCUT2D eigenvalue weighted by atomic mass is 32.2. The van der Waals surface area contributed by atoms with Crippen molar-refractivity contribution in [2.24, 2.45) is 0 Å². The normalized spacial score (nSPS) is 10.2. The SMILES string of the molecule is CN(C)C(=O)c1ccc(NC(=O)CSc2nncs2)cc1. The molecule has 0 saturated heterocycles. The molecule has 2 amide bonds. The van der Waals surface area contributed by atoms with Crippen LogP contribution in [-0.2, 0) is 4.79 Å². The molecule has 8 heteroatoms. The molecule has 1 heterocycles. The second kappa shape index (κ2) is 7.19. The molecule has 1 aromatic carbocycles. The van der Waals surface area contributed by atoms with E-state index in [1.165, 1.54) is 28.0 Å². The molecule has 0 aliphatic heterocycles. The quantitative estimate of drug-likeness (QED) is 0.852. The average Bonchev–Trinajstić information content (AvgIpc) is 2.98. The smallest absolute Gasteiger partial charge is 0.253 e. The van der Waals surface area contributed by atoms with Crippen molar-refractivity contribution in [1.82, 2.24) is 15.1 Å². The summed E-state index contributed by atoms with van der Waals surface area (Å²) < 4.78 is 0.761. The van der Waals surface area contributed by atoms with Crippen LogP contribution in [0.2, 0.25) is 0 Å². The van der Waals surface area contributed by atoms with E-state index in [4.69, 9.17) is 0 Å². The van der Waals surface area contributed by atoms with Crippen LogP contribution in [0.4, 0.5) is 5.69 Å². The van der Waals surface area contributed by atoms with Gasteiger partial charge in [-0.15, -0.1) is 10.2 Å². The zero-order valence-corrected chi connectivity index (χ0v) is 13.2. The Labute approximate surface area is 130 Å². The number of anilines is 1. The molecule has 0 unspecified atom stereocenters. The molecule has 0 aliphatic carbocycles. The Morgan fingerprint density at radius 1 is 1.29 bits per heavy atom. The molecule has 0 saturated carbocycles. The Hall–Kier alpha value is -1.93. The van der Waals surface area contributed by atoms with Gasteiger partial charge in [0, 0.05) is 25.3 Å². The van der Waals surface area contributed by atoms with Crippen LogP contribution in [-0.4, -0.2) is 46.8 Å². The molecule has 2 aromatic rings. The molecule has 0 radical (unpaired) electrons. The van der Waals surface area contributed by atoms with Crippen LogP contribution < -0.4 is 5.32 Å². The lowest BCUT2D eigenvalue weighted by molar-refractivity contribution is -0.113. The first kappa shape index (κ1) is 15.5. The van der Waals surface area contributed by atoms with E-state index in [1.54, 1.807) is 43.9 Å². The number of amides is 2. The fourth-order valence-electron chi connectivity index (χ4n) is 1.50. The van der Waals surface area contributed by atoms with Crippen molar-refractivity contribution in [3.05, 3.63) is 35.3 Å². The molecule has 0 spiro atoms. The van der Waals surface area contributed by atoms with E-state index in [0.29, 0.717) is 11.3 Å². The number of thioether (sulfide) groups is 1. The van der Waals surface area contributed by atoms with E-state index < -0.39 is 0 Å². The highest BCUT2D eigenvalue weighted by Crippen LogP contribution is 2.19. The minimum Gasteiger partial charge on any atom is -0.345 e. The summed E-state index contributed by atoms with van der Waals surface area (Å²) in [4.78, 5) is 25.0. The maximum absolute atomic E-state index is 11.8. The third-order valence-corrected chi connectivity index (χ3v) is 4.35. The zero-order valence-electron chi connectivity index (χ0n) is 11.6. The van der Waals surface area contributed by atoms with Gasteiger partial charge in [0.1, 0.15) is 5.51 Å². The van der Waals surface area contributed by atoms with Gasteiger partial charge in [-0.25, -0.2) is 0 Å². The van der Waals surface area contributed by atoms with Gasteiger partial charge >= 0.3 is 0 Å². The molecule has 1 aromatic heterocycles. The first-order valence-corrected chi connectivity index (χ1v) is 7.93. The minimum atomic E-state index is -0.123. The first-order chi connectivity index (χ1) is 10.1. The average molecular weight is 322 g/mol. The van der Waals surface area contributed by atoms with Gasteiger partial charge in [0.25, 0.3) is 5.91 Å². The summed E-state index contributed by atoms with van der Waals surface area (Å²) in [5, 5.41) is 10.3. The largest absolute Gasteiger partial charge is 0.345 e. The summed E-state index contributed by atoms with van der Waals surface area (Å²) in [5.41, 5.74) is 2.87. The van der Waals surface area contributed by atoms with Crippen molar-refractivity contribution in [3.63, 3.8) is 0 Å². The van der Waals surface area contributed by atoms with Crippen molar-refractivity contribution in [2.75, 3.05) is 25.2 Å². The summed E-state index contributed by atoms with van der Waals surface area (Å²) in [5.74, 6) is 0.0784. The molecule has 0 aliphatic rings. The number of hydrogen-bond donors (Lipinski definition) is 1. The van der Waals surface area contributed by atoms with Gasteiger partial charge < -0.3 is 10.2 Å². The number of carbonyl (C=O) groups excluding carboxylic acids is 2. The third-order valence-electron chi connectivity index (χ3n) is 2.49. The van der Waals surface area contributed by atoms with Crippen LogP contribution in [0.15, 0.2) is 34.1 Å². The van der Waals surface area contributed by atoms with E-state index >= 15 is 0 Å². The Kier molecular flexibility index (Phi) is 5.29. The number of nitrogens with zero attached hydrogens (tertiary/aromatic N) is 3. The van der Waals surface area contributed by atoms with Crippen molar-refractivity contribution in [1.29, 1.82) is 0 Å². The first-order valence-electron chi connectivity index (χ1n) is 6.07. The lowest BCUT2D eigenvalue weighted by Crippen LogP contribution is -2.21. The lowest BCUT2D eigenvalue weighted by Gasteiger charge is -2.10. The van der Waals surface area contributed by atoms with Crippen LogP contribution in [0, 0.1) is 0 Å². The van der Waals surface area contributed by atoms with Gasteiger partial charge in [0.15, 0.2) is 4.34 Å². The van der Waals surface area contributed by atoms with E-state index in [1.807, 2.05) is 0 Å².